The molecule has 1 fully saturated rings. The van der Waals surface area contributed by atoms with Gasteiger partial charge in [0.25, 0.3) is 5.91 Å². The number of thiazole rings is 1. The lowest BCUT2D eigenvalue weighted by atomic mass is 10.1. The number of para-hydroxylation sites is 1. The van der Waals surface area contributed by atoms with Crippen LogP contribution in [-0.4, -0.2) is 38.7 Å². The van der Waals surface area contributed by atoms with Gasteiger partial charge in [-0.1, -0.05) is 18.6 Å². The van der Waals surface area contributed by atoms with Crippen molar-refractivity contribution < 1.29 is 18.0 Å². The molecule has 1 amide bonds. The van der Waals surface area contributed by atoms with Gasteiger partial charge in [0, 0.05) is 23.7 Å². The molecule has 0 spiro atoms. The molecule has 1 aromatic carbocycles. The van der Waals surface area contributed by atoms with Crippen molar-refractivity contribution in [2.45, 2.75) is 38.9 Å². The zero-order valence-electron chi connectivity index (χ0n) is 17.9. The summed E-state index contributed by atoms with van der Waals surface area (Å²) in [6.45, 7) is 4.14. The lowest BCUT2D eigenvalue weighted by Gasteiger charge is -2.25. The molecule has 33 heavy (non-hydrogen) atoms. The Bertz CT molecular complexity index is 1220. The molecular weight excluding hydrogens is 455 g/mol. The van der Waals surface area contributed by atoms with Crippen LogP contribution in [0.4, 0.5) is 18.3 Å². The largest absolute Gasteiger partial charge is 0.418 e. The minimum atomic E-state index is -4.62. The van der Waals surface area contributed by atoms with Crippen LogP contribution in [0.1, 0.15) is 46.7 Å². The van der Waals surface area contributed by atoms with E-state index in [9.17, 15) is 22.8 Å². The van der Waals surface area contributed by atoms with Crippen LogP contribution in [-0.2, 0) is 12.7 Å². The van der Waals surface area contributed by atoms with E-state index >= 15 is 0 Å². The standard InChI is InChI=1S/C22H22F3N5O2S/c1-14-11-18(31)19(28-30(14)17-8-4-3-7-16(17)22(23,24)25)20(32)27-21-26-15(13-33-21)12-29-9-5-2-6-10-29/h3-4,7-8,11,13H,2,5-6,9-10,12H2,1H3,(H,26,27,32). The maximum Gasteiger partial charge on any atom is 0.418 e. The van der Waals surface area contributed by atoms with Crippen LogP contribution in [0.2, 0.25) is 0 Å². The maximum absolute atomic E-state index is 13.5. The number of nitrogens with one attached hydrogen (secondary N) is 1. The van der Waals surface area contributed by atoms with Gasteiger partial charge in [0.05, 0.1) is 16.9 Å². The number of hydrogen-bond acceptors (Lipinski definition) is 6. The molecule has 1 saturated heterocycles. The van der Waals surface area contributed by atoms with Crippen LogP contribution in [0, 0.1) is 6.92 Å². The number of benzene rings is 1. The Morgan fingerprint density at radius 2 is 1.91 bits per heavy atom. The minimum Gasteiger partial charge on any atom is -0.297 e. The van der Waals surface area contributed by atoms with E-state index in [1.165, 1.54) is 42.9 Å². The van der Waals surface area contributed by atoms with Gasteiger partial charge in [-0.15, -0.1) is 11.3 Å². The Balaban J connectivity index is 1.58. The lowest BCUT2D eigenvalue weighted by Crippen LogP contribution is -2.29. The predicted molar refractivity (Wildman–Crippen MR) is 119 cm³/mol. The number of aromatic nitrogens is 3. The number of aryl methyl sites for hydroxylation is 1. The number of alkyl halides is 3. The van der Waals surface area contributed by atoms with Crippen molar-refractivity contribution in [1.82, 2.24) is 19.7 Å². The molecule has 4 rings (SSSR count). The van der Waals surface area contributed by atoms with E-state index < -0.39 is 28.8 Å². The molecule has 1 aliphatic heterocycles. The molecule has 1 aliphatic rings. The molecule has 3 aromatic rings. The highest BCUT2D eigenvalue weighted by Gasteiger charge is 2.34. The minimum absolute atomic E-state index is 0.173. The van der Waals surface area contributed by atoms with Crippen LogP contribution in [0.3, 0.4) is 0 Å². The van der Waals surface area contributed by atoms with Crippen molar-refractivity contribution in [3.8, 4) is 5.69 Å². The zero-order chi connectivity index (χ0) is 23.6. The predicted octanol–water partition coefficient (Wildman–Crippen LogP) is 4.25. The molecule has 1 N–H and O–H groups in total. The number of piperidine rings is 1. The lowest BCUT2D eigenvalue weighted by molar-refractivity contribution is -0.137. The number of amides is 1. The summed E-state index contributed by atoms with van der Waals surface area (Å²) in [4.78, 5) is 31.9. The smallest absolute Gasteiger partial charge is 0.297 e. The number of nitrogens with zero attached hydrogens (tertiary/aromatic N) is 4. The fourth-order valence-electron chi connectivity index (χ4n) is 3.79. The molecule has 0 bridgehead atoms. The number of anilines is 1. The summed E-state index contributed by atoms with van der Waals surface area (Å²) in [6.07, 6.45) is -1.10. The molecule has 0 aliphatic carbocycles. The van der Waals surface area contributed by atoms with Gasteiger partial charge in [-0.2, -0.15) is 18.3 Å². The molecule has 7 nitrogen and oxygen atoms in total. The van der Waals surface area contributed by atoms with Crippen molar-refractivity contribution in [1.29, 1.82) is 0 Å². The van der Waals surface area contributed by atoms with Gasteiger partial charge in [-0.05, 0) is 45.0 Å². The Morgan fingerprint density at radius 1 is 1.18 bits per heavy atom. The summed E-state index contributed by atoms with van der Waals surface area (Å²) in [6, 6.07) is 5.96. The van der Waals surface area contributed by atoms with Gasteiger partial charge in [-0.25, -0.2) is 9.67 Å². The van der Waals surface area contributed by atoms with Gasteiger partial charge in [0.15, 0.2) is 10.8 Å². The highest BCUT2D eigenvalue weighted by Crippen LogP contribution is 2.33. The Hall–Kier alpha value is -3.05. The quantitative estimate of drug-likeness (QED) is 0.594. The molecule has 0 unspecified atom stereocenters. The second kappa shape index (κ2) is 9.44. The van der Waals surface area contributed by atoms with Crippen molar-refractivity contribution in [2.24, 2.45) is 0 Å². The summed E-state index contributed by atoms with van der Waals surface area (Å²) >= 11 is 1.22. The van der Waals surface area contributed by atoms with Crippen molar-refractivity contribution in [3.05, 3.63) is 68.6 Å². The van der Waals surface area contributed by atoms with Gasteiger partial charge >= 0.3 is 6.18 Å². The third-order valence-corrected chi connectivity index (χ3v) is 6.17. The van der Waals surface area contributed by atoms with E-state index in [1.807, 2.05) is 5.38 Å². The third kappa shape index (κ3) is 5.31. The van der Waals surface area contributed by atoms with Crippen molar-refractivity contribution >= 4 is 22.4 Å². The summed E-state index contributed by atoms with van der Waals surface area (Å²) in [5.41, 5.74) is -1.40. The highest BCUT2D eigenvalue weighted by molar-refractivity contribution is 7.13. The third-order valence-electron chi connectivity index (χ3n) is 5.37. The van der Waals surface area contributed by atoms with Crippen LogP contribution in [0.25, 0.3) is 5.69 Å². The Labute approximate surface area is 191 Å². The average Bonchev–Trinajstić information content (AvgIpc) is 3.20. The zero-order valence-corrected chi connectivity index (χ0v) is 18.7. The summed E-state index contributed by atoms with van der Waals surface area (Å²) in [7, 11) is 0. The van der Waals surface area contributed by atoms with Crippen molar-refractivity contribution in [2.75, 3.05) is 18.4 Å². The fourth-order valence-corrected chi connectivity index (χ4v) is 4.48. The summed E-state index contributed by atoms with van der Waals surface area (Å²) in [5, 5.41) is 8.66. The normalized spacial score (nSPS) is 14.9. The van der Waals surface area contributed by atoms with Crippen LogP contribution >= 0.6 is 11.3 Å². The number of likely N-dealkylation sites (tertiary alicyclic amines) is 1. The van der Waals surface area contributed by atoms with Crippen molar-refractivity contribution in [3.63, 3.8) is 0 Å². The van der Waals surface area contributed by atoms with Gasteiger partial charge < -0.3 is 0 Å². The molecular formula is C22H22F3N5O2S. The highest BCUT2D eigenvalue weighted by atomic mass is 32.1. The second-order valence-electron chi connectivity index (χ2n) is 7.86. The van der Waals surface area contributed by atoms with Gasteiger partial charge in [0.1, 0.15) is 0 Å². The van der Waals surface area contributed by atoms with E-state index in [4.69, 9.17) is 0 Å². The first-order valence-electron chi connectivity index (χ1n) is 10.5. The van der Waals surface area contributed by atoms with Crippen LogP contribution in [0.15, 0.2) is 40.5 Å². The summed E-state index contributed by atoms with van der Waals surface area (Å²) in [5.74, 6) is -0.822. The first-order chi connectivity index (χ1) is 15.7. The van der Waals surface area contributed by atoms with E-state index in [1.54, 1.807) is 0 Å². The first-order valence-corrected chi connectivity index (χ1v) is 11.4. The molecule has 174 valence electrons. The number of hydrogen-bond donors (Lipinski definition) is 1. The molecule has 0 radical (unpaired) electrons. The number of carbonyl (C=O) groups is 1. The molecule has 0 saturated carbocycles. The first kappa shape index (κ1) is 23.1. The van der Waals surface area contributed by atoms with E-state index in [0.29, 0.717) is 11.7 Å². The fraction of sp³-hybridized carbons (Fsp3) is 0.364. The SMILES string of the molecule is Cc1cc(=O)c(C(=O)Nc2nc(CN3CCCCC3)cs2)nn1-c1ccccc1C(F)(F)F. The summed E-state index contributed by atoms with van der Waals surface area (Å²) < 4.78 is 41.4. The van der Waals surface area contributed by atoms with E-state index in [0.717, 1.165) is 48.4 Å². The maximum atomic E-state index is 13.5. The average molecular weight is 478 g/mol. The van der Waals surface area contributed by atoms with Crippen LogP contribution < -0.4 is 10.7 Å². The van der Waals surface area contributed by atoms with Crippen LogP contribution in [0.5, 0.6) is 0 Å². The number of carbonyl (C=O) groups excluding carboxylic acids is 1. The van der Waals surface area contributed by atoms with E-state index in [2.05, 4.69) is 20.3 Å². The Kier molecular flexibility index (Phi) is 6.61. The topological polar surface area (TPSA) is 80.1 Å². The van der Waals surface area contributed by atoms with Gasteiger partial charge in [0.2, 0.25) is 5.43 Å². The number of halogens is 3. The Morgan fingerprint density at radius 3 is 2.64 bits per heavy atom. The second-order valence-corrected chi connectivity index (χ2v) is 8.72. The molecule has 3 heterocycles. The van der Waals surface area contributed by atoms with Gasteiger partial charge in [-0.3, -0.25) is 19.8 Å². The molecule has 2 aromatic heterocycles. The molecule has 0 atom stereocenters. The monoisotopic (exact) mass is 477 g/mol. The number of rotatable bonds is 5. The van der Waals surface area contributed by atoms with E-state index in [-0.39, 0.29) is 11.4 Å². The molecule has 11 heteroatoms.